The first-order valence-corrected chi connectivity index (χ1v) is 15.2. The summed E-state index contributed by atoms with van der Waals surface area (Å²) in [4.78, 5) is 2.28. The monoisotopic (exact) mass is 577 g/mol. The van der Waals surface area contributed by atoms with Crippen molar-refractivity contribution in [3.8, 4) is 22.3 Å². The lowest BCUT2D eigenvalue weighted by Gasteiger charge is -2.25. The van der Waals surface area contributed by atoms with Gasteiger partial charge in [0.2, 0.25) is 0 Å². The number of rotatable bonds is 5. The maximum absolute atomic E-state index is 6.55. The number of anilines is 3. The van der Waals surface area contributed by atoms with Crippen LogP contribution < -0.4 is 4.90 Å². The van der Waals surface area contributed by atoms with Gasteiger partial charge in [0.1, 0.15) is 22.3 Å². The van der Waals surface area contributed by atoms with Crippen molar-refractivity contribution >= 4 is 60.9 Å². The van der Waals surface area contributed by atoms with Crippen LogP contribution in [0.4, 0.5) is 17.1 Å². The molecule has 9 aromatic rings. The third kappa shape index (κ3) is 4.21. The molecule has 0 unspecified atom stereocenters. The van der Waals surface area contributed by atoms with Crippen molar-refractivity contribution in [1.82, 2.24) is 0 Å². The van der Waals surface area contributed by atoms with Gasteiger partial charge in [-0.25, -0.2) is 0 Å². The van der Waals surface area contributed by atoms with Crippen LogP contribution >= 0.6 is 0 Å². The SMILES string of the molecule is c1ccc(N(c2ccccc2)c2ccc(-c3cc(-c4cccc5c4oc4ccccc45)c4oc5ccccc5c4c3)cc2)cc1. The van der Waals surface area contributed by atoms with Crippen molar-refractivity contribution in [2.75, 3.05) is 4.90 Å². The smallest absolute Gasteiger partial charge is 0.143 e. The molecule has 0 amide bonds. The number of nitrogens with zero attached hydrogens (tertiary/aromatic N) is 1. The first-order valence-electron chi connectivity index (χ1n) is 15.2. The predicted molar refractivity (Wildman–Crippen MR) is 187 cm³/mol. The summed E-state index contributed by atoms with van der Waals surface area (Å²) in [6.45, 7) is 0. The number of hydrogen-bond donors (Lipinski definition) is 0. The van der Waals surface area contributed by atoms with E-state index in [4.69, 9.17) is 8.83 Å². The molecular weight excluding hydrogens is 550 g/mol. The molecule has 0 radical (unpaired) electrons. The number of hydrogen-bond acceptors (Lipinski definition) is 3. The Balaban J connectivity index is 1.24. The van der Waals surface area contributed by atoms with Crippen LogP contribution in [0.1, 0.15) is 0 Å². The summed E-state index contributed by atoms with van der Waals surface area (Å²) in [5.41, 5.74) is 11.1. The molecule has 45 heavy (non-hydrogen) atoms. The van der Waals surface area contributed by atoms with Gasteiger partial charge in [-0.1, -0.05) is 103 Å². The number of benzene rings is 7. The van der Waals surface area contributed by atoms with E-state index in [1.807, 2.05) is 24.3 Å². The van der Waals surface area contributed by atoms with Crippen LogP contribution in [-0.2, 0) is 0 Å². The predicted octanol–water partition coefficient (Wildman–Crippen LogP) is 12.3. The minimum Gasteiger partial charge on any atom is -0.455 e. The lowest BCUT2D eigenvalue weighted by molar-refractivity contribution is 0.665. The summed E-state index contributed by atoms with van der Waals surface area (Å²) in [6, 6.07) is 57.2. The molecule has 0 aliphatic carbocycles. The van der Waals surface area contributed by atoms with Crippen LogP contribution in [0.25, 0.3) is 66.1 Å². The number of para-hydroxylation sites is 5. The van der Waals surface area contributed by atoms with Gasteiger partial charge in [-0.15, -0.1) is 0 Å². The highest BCUT2D eigenvalue weighted by Gasteiger charge is 2.19. The molecule has 7 aromatic carbocycles. The van der Waals surface area contributed by atoms with Gasteiger partial charge in [0, 0.05) is 49.7 Å². The molecule has 0 aliphatic rings. The first-order chi connectivity index (χ1) is 22.3. The average Bonchev–Trinajstić information content (AvgIpc) is 3.68. The van der Waals surface area contributed by atoms with Crippen LogP contribution in [0.5, 0.6) is 0 Å². The van der Waals surface area contributed by atoms with Gasteiger partial charge < -0.3 is 13.7 Å². The quantitative estimate of drug-likeness (QED) is 0.204. The van der Waals surface area contributed by atoms with E-state index >= 15 is 0 Å². The zero-order valence-electron chi connectivity index (χ0n) is 24.4. The summed E-state index contributed by atoms with van der Waals surface area (Å²) in [5, 5.41) is 4.40. The second-order valence-corrected chi connectivity index (χ2v) is 11.3. The standard InChI is InChI=1S/C42H27NO2/c1-3-12-30(13-4-1)43(31-14-5-2-6-15-31)32-24-22-28(23-25-32)29-26-37-34-17-8-10-21-40(34)45-42(37)38(27-29)36-19-11-18-35-33-16-7-9-20-39(33)44-41(35)36/h1-27H. The largest absolute Gasteiger partial charge is 0.455 e. The second kappa shape index (κ2) is 10.3. The Kier molecular flexibility index (Phi) is 5.82. The maximum atomic E-state index is 6.55. The normalized spacial score (nSPS) is 11.6. The minimum atomic E-state index is 0.865. The highest BCUT2D eigenvalue weighted by Crippen LogP contribution is 2.44. The molecule has 0 saturated heterocycles. The molecule has 0 spiro atoms. The average molecular weight is 578 g/mol. The Bertz CT molecular complexity index is 2430. The Hall–Kier alpha value is -6.06. The maximum Gasteiger partial charge on any atom is 0.143 e. The van der Waals surface area contributed by atoms with Crippen LogP contribution in [-0.4, -0.2) is 0 Å². The molecule has 0 aliphatic heterocycles. The zero-order valence-corrected chi connectivity index (χ0v) is 24.4. The van der Waals surface area contributed by atoms with E-state index in [9.17, 15) is 0 Å². The lowest BCUT2D eigenvalue weighted by atomic mass is 9.94. The minimum absolute atomic E-state index is 0.865. The Morgan fingerprint density at radius 3 is 1.49 bits per heavy atom. The first kappa shape index (κ1) is 25.4. The van der Waals surface area contributed by atoms with Crippen molar-refractivity contribution in [2.24, 2.45) is 0 Å². The topological polar surface area (TPSA) is 29.5 Å². The van der Waals surface area contributed by atoms with Gasteiger partial charge in [0.15, 0.2) is 0 Å². The summed E-state index contributed by atoms with van der Waals surface area (Å²) < 4.78 is 13.0. The van der Waals surface area contributed by atoms with E-state index in [0.717, 1.165) is 83.2 Å². The molecule has 212 valence electrons. The molecular formula is C42H27NO2. The van der Waals surface area contributed by atoms with E-state index in [1.54, 1.807) is 0 Å². The molecule has 3 nitrogen and oxygen atoms in total. The van der Waals surface area contributed by atoms with Gasteiger partial charge in [-0.05, 0) is 71.8 Å². The molecule has 0 bridgehead atoms. The molecule has 0 N–H and O–H groups in total. The van der Waals surface area contributed by atoms with Crippen molar-refractivity contribution in [3.63, 3.8) is 0 Å². The van der Waals surface area contributed by atoms with Gasteiger partial charge in [-0.3, -0.25) is 0 Å². The van der Waals surface area contributed by atoms with Gasteiger partial charge in [-0.2, -0.15) is 0 Å². The van der Waals surface area contributed by atoms with E-state index in [0.29, 0.717) is 0 Å². The molecule has 2 heterocycles. The fourth-order valence-electron chi connectivity index (χ4n) is 6.56. The van der Waals surface area contributed by atoms with Gasteiger partial charge >= 0.3 is 0 Å². The van der Waals surface area contributed by atoms with Crippen LogP contribution in [0.15, 0.2) is 173 Å². The molecule has 2 aromatic heterocycles. The lowest BCUT2D eigenvalue weighted by Crippen LogP contribution is -2.09. The Morgan fingerprint density at radius 2 is 0.844 bits per heavy atom. The van der Waals surface area contributed by atoms with Crippen molar-refractivity contribution < 1.29 is 8.83 Å². The summed E-state index contributed by atoms with van der Waals surface area (Å²) in [6.07, 6.45) is 0. The highest BCUT2D eigenvalue weighted by molar-refractivity contribution is 6.16. The van der Waals surface area contributed by atoms with E-state index in [-0.39, 0.29) is 0 Å². The summed E-state index contributed by atoms with van der Waals surface area (Å²) >= 11 is 0. The van der Waals surface area contributed by atoms with Gasteiger partial charge in [0.05, 0.1) is 0 Å². The summed E-state index contributed by atoms with van der Waals surface area (Å²) in [7, 11) is 0. The molecule has 0 fully saturated rings. The molecule has 0 saturated carbocycles. The fraction of sp³-hybridized carbons (Fsp3) is 0. The Morgan fingerprint density at radius 1 is 0.333 bits per heavy atom. The van der Waals surface area contributed by atoms with E-state index in [1.165, 1.54) is 0 Å². The molecule has 9 rings (SSSR count). The summed E-state index contributed by atoms with van der Waals surface area (Å²) in [5.74, 6) is 0. The second-order valence-electron chi connectivity index (χ2n) is 11.3. The molecule has 0 atom stereocenters. The Labute approximate surface area is 260 Å². The van der Waals surface area contributed by atoms with Crippen LogP contribution in [0.3, 0.4) is 0 Å². The fourth-order valence-corrected chi connectivity index (χ4v) is 6.56. The van der Waals surface area contributed by atoms with E-state index in [2.05, 4.69) is 144 Å². The van der Waals surface area contributed by atoms with Crippen LogP contribution in [0.2, 0.25) is 0 Å². The molecule has 3 heteroatoms. The highest BCUT2D eigenvalue weighted by atomic mass is 16.3. The van der Waals surface area contributed by atoms with E-state index < -0.39 is 0 Å². The van der Waals surface area contributed by atoms with Gasteiger partial charge in [0.25, 0.3) is 0 Å². The third-order valence-corrected chi connectivity index (χ3v) is 8.66. The number of furan rings is 2. The van der Waals surface area contributed by atoms with Crippen molar-refractivity contribution in [3.05, 3.63) is 164 Å². The third-order valence-electron chi connectivity index (χ3n) is 8.66. The van der Waals surface area contributed by atoms with Crippen molar-refractivity contribution in [1.29, 1.82) is 0 Å². The van der Waals surface area contributed by atoms with Crippen molar-refractivity contribution in [2.45, 2.75) is 0 Å². The zero-order chi connectivity index (χ0) is 29.7. The number of fused-ring (bicyclic) bond motifs is 6. The van der Waals surface area contributed by atoms with Crippen LogP contribution in [0, 0.1) is 0 Å².